The Labute approximate surface area is 316 Å². The zero-order chi connectivity index (χ0) is 38.5. The molecule has 1 unspecified atom stereocenters. The Balaban J connectivity index is 1.83. The van der Waals surface area contributed by atoms with Crippen molar-refractivity contribution < 1.29 is 52.4 Å². The molecule has 14 heteroatoms. The Hall–Kier alpha value is -5.24. The van der Waals surface area contributed by atoms with Gasteiger partial charge in [-0.25, -0.2) is 9.79 Å². The Morgan fingerprint density at radius 2 is 1.30 bits per heavy atom. The van der Waals surface area contributed by atoms with Gasteiger partial charge in [0, 0.05) is 35.0 Å². The molecule has 2 heterocycles. The van der Waals surface area contributed by atoms with Gasteiger partial charge in [-0.05, 0) is 59.7 Å². The highest BCUT2D eigenvalue weighted by Crippen LogP contribution is 2.41. The van der Waals surface area contributed by atoms with Crippen molar-refractivity contribution in [3.05, 3.63) is 104 Å². The van der Waals surface area contributed by atoms with Crippen LogP contribution < -0.4 is 0 Å². The summed E-state index contributed by atoms with van der Waals surface area (Å²) in [5.74, 6) is -2.58. The molecule has 53 heavy (non-hydrogen) atoms. The Morgan fingerprint density at radius 3 is 1.92 bits per heavy atom. The average molecular weight is 796 g/mol. The number of esters is 5. The number of ether oxygens (including phenoxy) is 6. The normalized spacial score (nSPS) is 15.0. The van der Waals surface area contributed by atoms with Gasteiger partial charge in [0.05, 0.1) is 46.8 Å². The summed E-state index contributed by atoms with van der Waals surface area (Å²) in [6.07, 6.45) is -0.310. The van der Waals surface area contributed by atoms with Crippen LogP contribution in [0.4, 0.5) is 0 Å². The summed E-state index contributed by atoms with van der Waals surface area (Å²) in [6.45, 7) is 1.91. The first-order valence-corrected chi connectivity index (χ1v) is 17.6. The molecule has 0 spiro atoms. The molecule has 0 saturated heterocycles. The number of H-pyrrole nitrogens is 1. The van der Waals surface area contributed by atoms with Crippen molar-refractivity contribution in [2.24, 2.45) is 4.99 Å². The van der Waals surface area contributed by atoms with Crippen LogP contribution in [0.1, 0.15) is 71.0 Å². The van der Waals surface area contributed by atoms with Crippen molar-refractivity contribution in [1.29, 1.82) is 0 Å². The van der Waals surface area contributed by atoms with E-state index in [1.54, 1.807) is 6.92 Å². The lowest BCUT2D eigenvalue weighted by Gasteiger charge is -2.25. The van der Waals surface area contributed by atoms with Crippen molar-refractivity contribution in [3.63, 3.8) is 0 Å². The second kappa shape index (κ2) is 19.0. The van der Waals surface area contributed by atoms with Crippen LogP contribution in [0.25, 0.3) is 0 Å². The van der Waals surface area contributed by atoms with E-state index in [0.717, 1.165) is 15.6 Å². The summed E-state index contributed by atoms with van der Waals surface area (Å²) in [5, 5.41) is 0. The van der Waals surface area contributed by atoms with E-state index in [9.17, 15) is 24.0 Å². The fraction of sp³-hybridized carbons (Fsp3) is 0.385. The first-order chi connectivity index (χ1) is 25.4. The molecule has 0 fully saturated rings. The van der Waals surface area contributed by atoms with E-state index in [1.807, 2.05) is 54.6 Å². The predicted octanol–water partition coefficient (Wildman–Crippen LogP) is 5.70. The second-order valence-electron chi connectivity index (χ2n) is 12.4. The van der Waals surface area contributed by atoms with E-state index in [1.165, 1.54) is 28.4 Å². The molecule has 1 N–H and O–H groups in total. The number of hydrogen-bond donors (Lipinski definition) is 1. The average Bonchev–Trinajstić information content (AvgIpc) is 3.63. The maximum Gasteiger partial charge on any atom is 0.355 e. The highest BCUT2D eigenvalue weighted by molar-refractivity contribution is 9.10. The molecule has 0 aliphatic carbocycles. The van der Waals surface area contributed by atoms with Crippen LogP contribution in [0.2, 0.25) is 0 Å². The lowest BCUT2D eigenvalue weighted by atomic mass is 9.82. The molecule has 2 aromatic carbocycles. The number of halogens is 1. The second-order valence-corrected chi connectivity index (χ2v) is 13.3. The van der Waals surface area contributed by atoms with Crippen molar-refractivity contribution >= 4 is 51.7 Å². The van der Waals surface area contributed by atoms with Crippen molar-refractivity contribution in [2.45, 2.75) is 70.6 Å². The van der Waals surface area contributed by atoms with Gasteiger partial charge >= 0.3 is 29.8 Å². The molecule has 1 aromatic heterocycles. The number of carbonyl (C=O) groups excluding carboxylic acids is 5. The van der Waals surface area contributed by atoms with Gasteiger partial charge in [-0.3, -0.25) is 19.2 Å². The number of methoxy groups -OCH3 is 4. The summed E-state index contributed by atoms with van der Waals surface area (Å²) in [6, 6.07) is 16.7. The minimum Gasteiger partial charge on any atom is -0.473 e. The lowest BCUT2D eigenvalue weighted by Crippen LogP contribution is -2.29. The van der Waals surface area contributed by atoms with E-state index in [4.69, 9.17) is 33.4 Å². The molecule has 1 aliphatic heterocycles. The highest BCUT2D eigenvalue weighted by atomic mass is 79.9. The molecule has 1 aliphatic rings. The van der Waals surface area contributed by atoms with E-state index in [-0.39, 0.29) is 69.8 Å². The monoisotopic (exact) mass is 794 g/mol. The minimum atomic E-state index is -1.20. The fourth-order valence-corrected chi connectivity index (χ4v) is 6.31. The van der Waals surface area contributed by atoms with Gasteiger partial charge < -0.3 is 33.4 Å². The molecule has 3 aromatic rings. The third-order valence-electron chi connectivity index (χ3n) is 8.86. The van der Waals surface area contributed by atoms with Crippen LogP contribution in [0.3, 0.4) is 0 Å². The smallest absolute Gasteiger partial charge is 0.355 e. The Bertz CT molecular complexity index is 1870. The van der Waals surface area contributed by atoms with Crippen LogP contribution >= 0.6 is 15.9 Å². The molecule has 0 amide bonds. The highest BCUT2D eigenvalue weighted by Gasteiger charge is 2.42. The predicted molar refractivity (Wildman–Crippen MR) is 196 cm³/mol. The van der Waals surface area contributed by atoms with Crippen molar-refractivity contribution in [3.8, 4) is 0 Å². The molecule has 0 radical (unpaired) electrons. The maximum absolute atomic E-state index is 13.7. The van der Waals surface area contributed by atoms with Gasteiger partial charge in [0.25, 0.3) is 0 Å². The number of rotatable bonds is 17. The number of carbonyl (C=O) groups is 5. The van der Waals surface area contributed by atoms with Gasteiger partial charge in [-0.1, -0.05) is 58.4 Å². The quantitative estimate of drug-likeness (QED) is 0.132. The minimum absolute atomic E-state index is 0.0155. The van der Waals surface area contributed by atoms with Gasteiger partial charge in [0.15, 0.2) is 0 Å². The molecule has 0 bridgehead atoms. The largest absolute Gasteiger partial charge is 0.473 e. The molecule has 13 nitrogen and oxygen atoms in total. The van der Waals surface area contributed by atoms with Gasteiger partial charge in [-0.15, -0.1) is 0 Å². The van der Waals surface area contributed by atoms with Crippen LogP contribution in [-0.2, 0) is 80.1 Å². The van der Waals surface area contributed by atoms with Crippen LogP contribution in [0.15, 0.2) is 75.2 Å². The number of benzene rings is 2. The van der Waals surface area contributed by atoms with E-state index >= 15 is 0 Å². The van der Waals surface area contributed by atoms with Crippen molar-refractivity contribution in [1.82, 2.24) is 4.98 Å². The van der Waals surface area contributed by atoms with Crippen molar-refractivity contribution in [2.75, 3.05) is 28.4 Å². The van der Waals surface area contributed by atoms with Crippen LogP contribution in [0.5, 0.6) is 0 Å². The SMILES string of the molecule is COC(=O)CCC1=C(CC(=O)OC)C(C)(Cc2[nH]c(C(=O)OCc3ccccc3)c(CCC(=O)OC)c2CC(=O)OC)N=C1OCc1ccc(Br)cc1. The number of aromatic amines is 1. The summed E-state index contributed by atoms with van der Waals surface area (Å²) in [4.78, 5) is 72.3. The molecule has 4 rings (SSSR count). The molecular weight excluding hydrogens is 752 g/mol. The number of nitrogens with zero attached hydrogens (tertiary/aromatic N) is 1. The number of aromatic nitrogens is 1. The Kier molecular flexibility index (Phi) is 14.5. The first kappa shape index (κ1) is 40.5. The van der Waals surface area contributed by atoms with E-state index in [0.29, 0.717) is 28.0 Å². The van der Waals surface area contributed by atoms with E-state index < -0.39 is 35.4 Å². The standard InChI is InChI=1S/C39H43BrN2O11/c1-39(30(20-35(46)51-5)28(16-18-33(44)49-3)37(42-39)52-22-25-11-13-26(40)14-12-25)21-31-29(19-34(45)50-4)27(15-17-32(43)48-2)36(41-31)38(47)53-23-24-9-7-6-8-10-24/h6-14,41H,15-23H2,1-5H3. The number of aliphatic imine (C=N–C) groups is 1. The third-order valence-corrected chi connectivity index (χ3v) is 9.39. The topological polar surface area (TPSA) is 169 Å². The summed E-state index contributed by atoms with van der Waals surface area (Å²) in [7, 11) is 5.07. The lowest BCUT2D eigenvalue weighted by molar-refractivity contribution is -0.141. The molecule has 282 valence electrons. The third kappa shape index (κ3) is 10.9. The molecular formula is C39H43BrN2O11. The van der Waals surface area contributed by atoms with Crippen LogP contribution in [-0.4, -0.2) is 74.7 Å². The summed E-state index contributed by atoms with van der Waals surface area (Å²) < 4.78 is 32.7. The maximum atomic E-state index is 13.7. The number of hydrogen-bond acceptors (Lipinski definition) is 12. The zero-order valence-electron chi connectivity index (χ0n) is 30.4. The zero-order valence-corrected chi connectivity index (χ0v) is 32.0. The first-order valence-electron chi connectivity index (χ1n) is 16.8. The van der Waals surface area contributed by atoms with Gasteiger partial charge in [0.2, 0.25) is 5.90 Å². The number of nitrogens with one attached hydrogen (secondary N) is 1. The van der Waals surface area contributed by atoms with Crippen LogP contribution in [0, 0.1) is 0 Å². The molecule has 0 saturated carbocycles. The summed E-state index contributed by atoms with van der Waals surface area (Å²) in [5.41, 5.74) is 2.77. The van der Waals surface area contributed by atoms with Gasteiger partial charge in [0.1, 0.15) is 18.9 Å². The summed E-state index contributed by atoms with van der Waals surface area (Å²) >= 11 is 3.43. The van der Waals surface area contributed by atoms with Gasteiger partial charge in [-0.2, -0.15) is 0 Å². The molecule has 1 atom stereocenters. The van der Waals surface area contributed by atoms with E-state index in [2.05, 4.69) is 20.9 Å². The fourth-order valence-electron chi connectivity index (χ4n) is 6.05. The Morgan fingerprint density at radius 1 is 0.717 bits per heavy atom.